The average Bonchev–Trinajstić information content (AvgIpc) is 3.51. The van der Waals surface area contributed by atoms with Crippen LogP contribution in [0.3, 0.4) is 0 Å². The van der Waals surface area contributed by atoms with Gasteiger partial charge in [0.15, 0.2) is 0 Å². The molecule has 3 aromatic rings. The number of H-pyrrole nitrogens is 1. The fourth-order valence-electron chi connectivity index (χ4n) is 4.91. The molecule has 1 fully saturated rings. The van der Waals surface area contributed by atoms with Crippen LogP contribution in [0.5, 0.6) is 5.75 Å². The Bertz CT molecular complexity index is 1420. The summed E-state index contributed by atoms with van der Waals surface area (Å²) in [6.45, 7) is 1.94. The van der Waals surface area contributed by atoms with E-state index in [9.17, 15) is 19.6 Å². The number of aromatic amines is 1. The molecule has 0 spiro atoms. The van der Waals surface area contributed by atoms with E-state index in [0.717, 1.165) is 40.6 Å². The predicted octanol–water partition coefficient (Wildman–Crippen LogP) is 3.52. The second-order valence-corrected chi connectivity index (χ2v) is 9.87. The number of carbonyl (C=O) groups excluding carboxylic acids is 3. The fourth-order valence-corrected chi connectivity index (χ4v) is 4.91. The molecule has 37 heavy (non-hydrogen) atoms. The van der Waals surface area contributed by atoms with E-state index in [0.29, 0.717) is 23.8 Å². The lowest BCUT2D eigenvalue weighted by Gasteiger charge is -2.21. The number of ether oxygens (including phenoxy) is 1. The Morgan fingerprint density at radius 1 is 1.16 bits per heavy atom. The summed E-state index contributed by atoms with van der Waals surface area (Å²) < 4.78 is 5.37. The second-order valence-electron chi connectivity index (χ2n) is 9.87. The molecule has 4 N–H and O–H groups in total. The van der Waals surface area contributed by atoms with Crippen LogP contribution in [0.15, 0.2) is 42.5 Å². The van der Waals surface area contributed by atoms with E-state index < -0.39 is 29.8 Å². The number of nitriles is 1. The van der Waals surface area contributed by atoms with Gasteiger partial charge in [0.1, 0.15) is 23.5 Å². The van der Waals surface area contributed by atoms with Crippen molar-refractivity contribution in [1.29, 1.82) is 5.26 Å². The zero-order valence-corrected chi connectivity index (χ0v) is 20.8. The van der Waals surface area contributed by atoms with Gasteiger partial charge in [-0.2, -0.15) is 5.26 Å². The van der Waals surface area contributed by atoms with Gasteiger partial charge in [0, 0.05) is 16.6 Å². The largest absolute Gasteiger partial charge is 0.496 e. The molecule has 9 heteroatoms. The van der Waals surface area contributed by atoms with Crippen LogP contribution >= 0.6 is 0 Å². The Morgan fingerprint density at radius 3 is 2.70 bits per heavy atom. The Hall–Kier alpha value is -4.32. The maximum absolute atomic E-state index is 13.3. The van der Waals surface area contributed by atoms with Crippen LogP contribution < -0.4 is 20.7 Å². The third kappa shape index (κ3) is 5.14. The number of nitrogens with zero attached hydrogens (tertiary/aromatic N) is 1. The highest BCUT2D eigenvalue weighted by molar-refractivity contribution is 6.03. The maximum Gasteiger partial charge on any atom is 0.268 e. The van der Waals surface area contributed by atoms with E-state index in [2.05, 4.69) is 27.0 Å². The van der Waals surface area contributed by atoms with Gasteiger partial charge in [-0.1, -0.05) is 36.6 Å². The van der Waals surface area contributed by atoms with E-state index in [1.165, 1.54) is 0 Å². The van der Waals surface area contributed by atoms with Gasteiger partial charge >= 0.3 is 0 Å². The number of benzene rings is 2. The third-order valence-electron chi connectivity index (χ3n) is 7.08. The minimum atomic E-state index is -0.884. The van der Waals surface area contributed by atoms with Gasteiger partial charge < -0.3 is 25.7 Å². The molecule has 1 saturated carbocycles. The fraction of sp³-hybridized carbons (Fsp3) is 0.357. The Morgan fingerprint density at radius 2 is 1.97 bits per heavy atom. The van der Waals surface area contributed by atoms with Crippen LogP contribution in [-0.2, 0) is 9.59 Å². The molecule has 5 rings (SSSR count). The molecule has 0 unspecified atom stereocenters. The van der Waals surface area contributed by atoms with Crippen molar-refractivity contribution in [1.82, 2.24) is 15.6 Å². The first-order valence-electron chi connectivity index (χ1n) is 12.4. The van der Waals surface area contributed by atoms with Crippen LogP contribution in [-0.4, -0.2) is 41.9 Å². The number of methoxy groups -OCH3 is 1. The van der Waals surface area contributed by atoms with Crippen molar-refractivity contribution in [3.05, 3.63) is 59.3 Å². The number of carbonyl (C=O) groups is 3. The summed E-state index contributed by atoms with van der Waals surface area (Å²) in [5.41, 5.74) is 3.65. The summed E-state index contributed by atoms with van der Waals surface area (Å²) in [4.78, 5) is 42.0. The van der Waals surface area contributed by atoms with Crippen LogP contribution in [0, 0.1) is 24.2 Å². The van der Waals surface area contributed by atoms with Crippen LogP contribution in [0.1, 0.15) is 53.2 Å². The van der Waals surface area contributed by atoms with Gasteiger partial charge in [-0.3, -0.25) is 14.4 Å². The summed E-state index contributed by atoms with van der Waals surface area (Å²) in [5.74, 6) is -0.556. The van der Waals surface area contributed by atoms with Gasteiger partial charge in [0.2, 0.25) is 11.8 Å². The van der Waals surface area contributed by atoms with Gasteiger partial charge in [-0.25, -0.2) is 0 Å². The van der Waals surface area contributed by atoms with Crippen LogP contribution in [0.4, 0.5) is 5.69 Å². The SMILES string of the molecule is COc1cccc2[nH]c(C(=O)N[C@@H](CC3CC3)C(=O)N[C@H](C#N)C[C@H]3C(=O)Nc4ccc(C)cc43)cc12. The van der Waals surface area contributed by atoms with Crippen molar-refractivity contribution in [3.8, 4) is 11.8 Å². The number of fused-ring (bicyclic) bond motifs is 2. The van der Waals surface area contributed by atoms with Crippen LogP contribution in [0.25, 0.3) is 10.9 Å². The average molecular weight is 500 g/mol. The first kappa shape index (κ1) is 24.4. The van der Waals surface area contributed by atoms with Crippen molar-refractivity contribution >= 4 is 34.3 Å². The van der Waals surface area contributed by atoms with Crippen LogP contribution in [0.2, 0.25) is 0 Å². The van der Waals surface area contributed by atoms with E-state index in [1.807, 2.05) is 43.3 Å². The highest BCUT2D eigenvalue weighted by atomic mass is 16.5. The zero-order chi connectivity index (χ0) is 26.1. The number of hydrogen-bond donors (Lipinski definition) is 4. The number of aromatic nitrogens is 1. The molecule has 0 bridgehead atoms. The molecule has 2 aliphatic rings. The smallest absolute Gasteiger partial charge is 0.268 e. The molecule has 1 aliphatic heterocycles. The van der Waals surface area contributed by atoms with Gasteiger partial charge in [-0.15, -0.1) is 0 Å². The standard InChI is InChI=1S/C28H29N5O4/c1-15-6-9-22-18(10-15)19(26(34)32-22)12-17(14-29)30-27(35)23(11-16-7-8-16)33-28(36)24-13-20-21(31-24)4-3-5-25(20)37-2/h3-6,9-10,13,16-17,19,23,31H,7-8,11-12H2,1-2H3,(H,30,35)(H,32,34)(H,33,36)/t17-,19+,23-/m0/s1. The summed E-state index contributed by atoms with van der Waals surface area (Å²) in [6.07, 6.45) is 2.65. The number of amides is 3. The predicted molar refractivity (Wildman–Crippen MR) is 138 cm³/mol. The molecule has 0 saturated heterocycles. The lowest BCUT2D eigenvalue weighted by atomic mass is 9.92. The van der Waals surface area contributed by atoms with Crippen molar-refractivity contribution in [2.45, 2.75) is 50.6 Å². The molecular weight excluding hydrogens is 470 g/mol. The van der Waals surface area contributed by atoms with Crippen molar-refractivity contribution in [3.63, 3.8) is 0 Å². The first-order chi connectivity index (χ1) is 17.9. The molecule has 2 aromatic carbocycles. The van der Waals surface area contributed by atoms with E-state index in [-0.39, 0.29) is 12.3 Å². The highest BCUT2D eigenvalue weighted by Gasteiger charge is 2.35. The lowest BCUT2D eigenvalue weighted by Crippen LogP contribution is -2.50. The summed E-state index contributed by atoms with van der Waals surface area (Å²) >= 11 is 0. The third-order valence-corrected chi connectivity index (χ3v) is 7.08. The minimum Gasteiger partial charge on any atom is -0.496 e. The normalized spacial score (nSPS) is 17.9. The molecule has 0 radical (unpaired) electrons. The van der Waals surface area contributed by atoms with E-state index in [4.69, 9.17) is 4.74 Å². The van der Waals surface area contributed by atoms with E-state index >= 15 is 0 Å². The quantitative estimate of drug-likeness (QED) is 0.357. The molecular formula is C28H29N5O4. The number of anilines is 1. The summed E-state index contributed by atoms with van der Waals surface area (Å²) in [6, 6.07) is 13.3. The second kappa shape index (κ2) is 9.97. The Kier molecular flexibility index (Phi) is 6.57. The number of hydrogen-bond acceptors (Lipinski definition) is 5. The van der Waals surface area contributed by atoms with Crippen molar-refractivity contribution in [2.75, 3.05) is 12.4 Å². The highest BCUT2D eigenvalue weighted by Crippen LogP contribution is 2.36. The molecule has 9 nitrogen and oxygen atoms in total. The molecule has 1 aromatic heterocycles. The number of nitrogens with one attached hydrogen (secondary N) is 4. The minimum absolute atomic E-state index is 0.149. The first-order valence-corrected chi connectivity index (χ1v) is 12.4. The molecule has 3 amide bonds. The summed E-state index contributed by atoms with van der Waals surface area (Å²) in [5, 5.41) is 19.0. The topological polar surface area (TPSA) is 136 Å². The molecule has 1 aliphatic carbocycles. The molecule has 190 valence electrons. The van der Waals surface area contributed by atoms with Gasteiger partial charge in [0.05, 0.1) is 19.1 Å². The molecule has 2 heterocycles. The number of rotatable bonds is 9. The summed E-state index contributed by atoms with van der Waals surface area (Å²) in [7, 11) is 1.57. The van der Waals surface area contributed by atoms with E-state index in [1.54, 1.807) is 13.2 Å². The van der Waals surface area contributed by atoms with Gasteiger partial charge in [0.25, 0.3) is 5.91 Å². The molecule has 3 atom stereocenters. The Balaban J connectivity index is 1.29. The zero-order valence-electron chi connectivity index (χ0n) is 20.8. The van der Waals surface area contributed by atoms with Crippen molar-refractivity contribution < 1.29 is 19.1 Å². The lowest BCUT2D eigenvalue weighted by molar-refractivity contribution is -0.124. The maximum atomic E-state index is 13.3. The van der Waals surface area contributed by atoms with Gasteiger partial charge in [-0.05, 0) is 55.5 Å². The van der Waals surface area contributed by atoms with Crippen molar-refractivity contribution in [2.24, 2.45) is 5.92 Å². The monoisotopic (exact) mass is 499 g/mol. The number of aryl methyl sites for hydroxylation is 1. The Labute approximate surface area is 214 Å².